The fourth-order valence-electron chi connectivity index (χ4n) is 3.76. The number of rotatable bonds is 5. The summed E-state index contributed by atoms with van der Waals surface area (Å²) in [7, 11) is 0. The third kappa shape index (κ3) is 4.44. The number of phenolic OH excluding ortho intramolecular Hbond substituents is 3. The van der Waals surface area contributed by atoms with Crippen LogP contribution in [0.25, 0.3) is 0 Å². The maximum absolute atomic E-state index is 10.0. The van der Waals surface area contributed by atoms with E-state index in [0.29, 0.717) is 17.1 Å². The van der Waals surface area contributed by atoms with Crippen molar-refractivity contribution < 1.29 is 20.1 Å². The first-order valence-corrected chi connectivity index (χ1v) is 10.7. The first-order chi connectivity index (χ1) is 15.7. The van der Waals surface area contributed by atoms with E-state index in [-0.39, 0.29) is 17.2 Å². The molecule has 4 aromatic rings. The zero-order valence-electron chi connectivity index (χ0n) is 19.1. The molecule has 0 amide bonds. The van der Waals surface area contributed by atoms with Crippen molar-refractivity contribution in [3.8, 4) is 28.7 Å². The Morgan fingerprint density at radius 3 is 1.55 bits per heavy atom. The SMILES string of the molecule is Cc1cc(N(c2ccc(Oc3c(C)ccc(O)c3C)cc2)c2ccc(O)c(C)c2)ccc1O. The molecule has 33 heavy (non-hydrogen) atoms. The van der Waals surface area contributed by atoms with Gasteiger partial charge in [-0.3, -0.25) is 0 Å². The molecule has 0 aliphatic heterocycles. The molecule has 0 unspecified atom stereocenters. The number of anilines is 3. The first-order valence-electron chi connectivity index (χ1n) is 10.7. The Kier molecular flexibility index (Phi) is 5.88. The molecule has 0 atom stereocenters. The minimum atomic E-state index is 0.198. The van der Waals surface area contributed by atoms with Crippen molar-refractivity contribution >= 4 is 17.1 Å². The fraction of sp³-hybridized carbons (Fsp3) is 0.143. The van der Waals surface area contributed by atoms with Crippen LogP contribution in [0.2, 0.25) is 0 Å². The molecular formula is C28H27NO4. The molecule has 4 rings (SSSR count). The predicted molar refractivity (Wildman–Crippen MR) is 132 cm³/mol. The molecule has 0 spiro atoms. The van der Waals surface area contributed by atoms with Crippen LogP contribution < -0.4 is 9.64 Å². The summed E-state index contributed by atoms with van der Waals surface area (Å²) < 4.78 is 6.09. The van der Waals surface area contributed by atoms with E-state index in [2.05, 4.69) is 0 Å². The molecule has 0 heterocycles. The lowest BCUT2D eigenvalue weighted by atomic mass is 10.1. The lowest BCUT2D eigenvalue weighted by Gasteiger charge is -2.26. The van der Waals surface area contributed by atoms with Crippen molar-refractivity contribution in [3.63, 3.8) is 0 Å². The van der Waals surface area contributed by atoms with Crippen LogP contribution >= 0.6 is 0 Å². The van der Waals surface area contributed by atoms with Gasteiger partial charge in [0.25, 0.3) is 0 Å². The topological polar surface area (TPSA) is 73.2 Å². The maximum atomic E-state index is 10.0. The standard InChI is InChI=1S/C28H27NO4/c1-17-5-12-27(32)20(4)28(17)33-24-10-6-21(7-11-24)29(22-8-13-25(30)18(2)15-22)23-9-14-26(31)19(3)16-23/h5-16,30-32H,1-4H3. The Labute approximate surface area is 193 Å². The Bertz CT molecular complexity index is 1260. The fourth-order valence-corrected chi connectivity index (χ4v) is 3.76. The smallest absolute Gasteiger partial charge is 0.136 e. The van der Waals surface area contributed by atoms with Gasteiger partial charge in [0.1, 0.15) is 28.7 Å². The highest BCUT2D eigenvalue weighted by Crippen LogP contribution is 2.39. The van der Waals surface area contributed by atoms with Crippen LogP contribution in [0.5, 0.6) is 28.7 Å². The van der Waals surface area contributed by atoms with Crippen LogP contribution in [-0.2, 0) is 0 Å². The van der Waals surface area contributed by atoms with Gasteiger partial charge in [0.05, 0.1) is 0 Å². The normalized spacial score (nSPS) is 10.8. The zero-order chi connectivity index (χ0) is 23.7. The molecule has 0 fully saturated rings. The molecule has 0 aliphatic carbocycles. The summed E-state index contributed by atoms with van der Waals surface area (Å²) >= 11 is 0. The number of phenols is 3. The van der Waals surface area contributed by atoms with Crippen molar-refractivity contribution in [3.05, 3.63) is 95.1 Å². The highest BCUT2D eigenvalue weighted by Gasteiger charge is 2.16. The average Bonchev–Trinajstić information content (AvgIpc) is 2.80. The van der Waals surface area contributed by atoms with E-state index in [1.54, 1.807) is 18.2 Å². The largest absolute Gasteiger partial charge is 0.508 e. The van der Waals surface area contributed by atoms with Gasteiger partial charge < -0.3 is 25.0 Å². The van der Waals surface area contributed by atoms with Crippen molar-refractivity contribution in [2.45, 2.75) is 27.7 Å². The zero-order valence-corrected chi connectivity index (χ0v) is 19.1. The molecule has 0 aliphatic rings. The van der Waals surface area contributed by atoms with Crippen molar-refractivity contribution in [1.82, 2.24) is 0 Å². The Morgan fingerprint density at radius 2 is 1.03 bits per heavy atom. The van der Waals surface area contributed by atoms with E-state index in [4.69, 9.17) is 4.74 Å². The summed E-state index contributed by atoms with van der Waals surface area (Å²) in [6.45, 7) is 7.48. The monoisotopic (exact) mass is 441 g/mol. The van der Waals surface area contributed by atoms with Gasteiger partial charge >= 0.3 is 0 Å². The summed E-state index contributed by atoms with van der Waals surface area (Å²) in [6.07, 6.45) is 0. The maximum Gasteiger partial charge on any atom is 0.136 e. The van der Waals surface area contributed by atoms with Gasteiger partial charge in [-0.05, 0) is 111 Å². The Balaban J connectivity index is 1.74. The number of aryl methyl sites for hydroxylation is 3. The lowest BCUT2D eigenvalue weighted by Crippen LogP contribution is -2.10. The highest BCUT2D eigenvalue weighted by molar-refractivity contribution is 5.78. The number of nitrogens with zero attached hydrogens (tertiary/aromatic N) is 1. The van der Waals surface area contributed by atoms with Crippen LogP contribution in [0.15, 0.2) is 72.8 Å². The van der Waals surface area contributed by atoms with E-state index >= 15 is 0 Å². The molecule has 0 saturated carbocycles. The molecule has 0 aromatic heterocycles. The number of ether oxygens (including phenoxy) is 1. The van der Waals surface area contributed by atoms with Gasteiger partial charge in [0, 0.05) is 22.6 Å². The van der Waals surface area contributed by atoms with Crippen molar-refractivity contribution in [2.75, 3.05) is 4.90 Å². The van der Waals surface area contributed by atoms with Crippen LogP contribution in [0.4, 0.5) is 17.1 Å². The number of hydrogen-bond acceptors (Lipinski definition) is 5. The van der Waals surface area contributed by atoms with E-state index in [9.17, 15) is 15.3 Å². The van der Waals surface area contributed by atoms with Gasteiger partial charge in [-0.2, -0.15) is 0 Å². The predicted octanol–water partition coefficient (Wildman–Crippen LogP) is 7.30. The summed E-state index contributed by atoms with van der Waals surface area (Å²) in [4.78, 5) is 2.05. The van der Waals surface area contributed by atoms with Gasteiger partial charge in [0.2, 0.25) is 0 Å². The van der Waals surface area contributed by atoms with Crippen LogP contribution in [0.3, 0.4) is 0 Å². The van der Waals surface area contributed by atoms with Gasteiger partial charge in [0.15, 0.2) is 0 Å². The molecule has 5 nitrogen and oxygen atoms in total. The van der Waals surface area contributed by atoms with Crippen LogP contribution in [0, 0.1) is 27.7 Å². The summed E-state index contributed by atoms with van der Waals surface area (Å²) in [5.74, 6) is 1.97. The summed E-state index contributed by atoms with van der Waals surface area (Å²) in [6, 6.07) is 22.1. The Hall–Kier alpha value is -4.12. The van der Waals surface area contributed by atoms with E-state index < -0.39 is 0 Å². The molecule has 4 aromatic carbocycles. The second-order valence-corrected chi connectivity index (χ2v) is 8.23. The number of benzene rings is 4. The third-order valence-corrected chi connectivity index (χ3v) is 5.77. The molecule has 0 bridgehead atoms. The van der Waals surface area contributed by atoms with E-state index in [1.807, 2.05) is 87.2 Å². The third-order valence-electron chi connectivity index (χ3n) is 5.77. The summed E-state index contributed by atoms with van der Waals surface area (Å²) in [5.41, 5.74) is 5.81. The van der Waals surface area contributed by atoms with Crippen LogP contribution in [0.1, 0.15) is 22.3 Å². The average molecular weight is 442 g/mol. The van der Waals surface area contributed by atoms with Crippen molar-refractivity contribution in [1.29, 1.82) is 0 Å². The van der Waals surface area contributed by atoms with Gasteiger partial charge in [-0.1, -0.05) is 6.07 Å². The number of hydrogen-bond donors (Lipinski definition) is 3. The summed E-state index contributed by atoms with van der Waals surface area (Å²) in [5, 5.41) is 30.0. The second-order valence-electron chi connectivity index (χ2n) is 8.23. The highest BCUT2D eigenvalue weighted by atomic mass is 16.5. The molecule has 5 heteroatoms. The molecule has 0 radical (unpaired) electrons. The van der Waals surface area contributed by atoms with Gasteiger partial charge in [-0.25, -0.2) is 0 Å². The number of aromatic hydroxyl groups is 3. The molecular weight excluding hydrogens is 414 g/mol. The molecule has 0 saturated heterocycles. The minimum Gasteiger partial charge on any atom is -0.508 e. The van der Waals surface area contributed by atoms with E-state index in [0.717, 1.165) is 33.8 Å². The Morgan fingerprint density at radius 1 is 0.545 bits per heavy atom. The molecule has 168 valence electrons. The second kappa shape index (κ2) is 8.79. The lowest BCUT2D eigenvalue weighted by molar-refractivity contribution is 0.446. The van der Waals surface area contributed by atoms with Gasteiger partial charge in [-0.15, -0.1) is 0 Å². The van der Waals surface area contributed by atoms with Crippen molar-refractivity contribution in [2.24, 2.45) is 0 Å². The molecule has 3 N–H and O–H groups in total. The minimum absolute atomic E-state index is 0.198. The quantitative estimate of drug-likeness (QED) is 0.303. The van der Waals surface area contributed by atoms with E-state index in [1.165, 1.54) is 0 Å². The van der Waals surface area contributed by atoms with Crippen LogP contribution in [-0.4, -0.2) is 15.3 Å². The first kappa shape index (κ1) is 22.1.